The van der Waals surface area contributed by atoms with E-state index in [-0.39, 0.29) is 5.82 Å². The van der Waals surface area contributed by atoms with Crippen molar-refractivity contribution in [3.8, 4) is 11.4 Å². The maximum Gasteiger partial charge on any atom is 0.172 e. The van der Waals surface area contributed by atoms with Crippen molar-refractivity contribution in [2.24, 2.45) is 0 Å². The third-order valence-corrected chi connectivity index (χ3v) is 3.06. The molecule has 1 aliphatic rings. The third kappa shape index (κ3) is 1.68. The molecule has 0 radical (unpaired) electrons. The fourth-order valence-electron chi connectivity index (χ4n) is 2.22. The molecule has 0 fully saturated rings. The second-order valence-electron chi connectivity index (χ2n) is 4.23. The summed E-state index contributed by atoms with van der Waals surface area (Å²) < 4.78 is 14.9. The zero-order valence-electron chi connectivity index (χ0n) is 9.69. The van der Waals surface area contributed by atoms with Crippen molar-refractivity contribution < 1.29 is 9.18 Å². The minimum Gasteiger partial charge on any atom is -0.369 e. The van der Waals surface area contributed by atoms with E-state index in [4.69, 9.17) is 0 Å². The Morgan fingerprint density at radius 2 is 2.11 bits per heavy atom. The van der Waals surface area contributed by atoms with Gasteiger partial charge in [0.05, 0.1) is 0 Å². The summed E-state index contributed by atoms with van der Waals surface area (Å²) in [6.45, 7) is 1.66. The standard InChI is InChI=1S/C13H12FN3O/c14-10-4-2-9(3-5-10)12-16-11(8-18)13-15-6-1-7-17(12)13/h2-5,8,15H,1,6-7H2. The van der Waals surface area contributed by atoms with Crippen molar-refractivity contribution in [1.82, 2.24) is 9.55 Å². The van der Waals surface area contributed by atoms with E-state index < -0.39 is 0 Å². The van der Waals surface area contributed by atoms with Gasteiger partial charge in [-0.25, -0.2) is 9.37 Å². The summed E-state index contributed by atoms with van der Waals surface area (Å²) >= 11 is 0. The van der Waals surface area contributed by atoms with Crippen LogP contribution in [-0.2, 0) is 6.54 Å². The first kappa shape index (κ1) is 11.0. The summed E-state index contributed by atoms with van der Waals surface area (Å²) in [5.41, 5.74) is 1.23. The monoisotopic (exact) mass is 245 g/mol. The molecule has 5 heteroatoms. The molecule has 2 heterocycles. The van der Waals surface area contributed by atoms with Gasteiger partial charge < -0.3 is 9.88 Å². The Hall–Kier alpha value is -2.17. The predicted octanol–water partition coefficient (Wildman–Crippen LogP) is 2.32. The summed E-state index contributed by atoms with van der Waals surface area (Å²) in [4.78, 5) is 15.3. The first-order valence-electron chi connectivity index (χ1n) is 5.85. The van der Waals surface area contributed by atoms with Gasteiger partial charge in [-0.05, 0) is 30.7 Å². The molecule has 1 aromatic heterocycles. The molecule has 2 aromatic rings. The number of nitrogens with zero attached hydrogens (tertiary/aromatic N) is 2. The number of fused-ring (bicyclic) bond motifs is 1. The van der Waals surface area contributed by atoms with Crippen LogP contribution in [0.3, 0.4) is 0 Å². The Bertz CT molecular complexity index is 589. The number of anilines is 1. The van der Waals surface area contributed by atoms with Crippen molar-refractivity contribution in [2.75, 3.05) is 11.9 Å². The summed E-state index contributed by atoms with van der Waals surface area (Å²) in [6, 6.07) is 6.14. The highest BCUT2D eigenvalue weighted by atomic mass is 19.1. The fourth-order valence-corrected chi connectivity index (χ4v) is 2.22. The number of benzene rings is 1. The molecule has 0 unspecified atom stereocenters. The molecule has 0 aliphatic carbocycles. The average molecular weight is 245 g/mol. The van der Waals surface area contributed by atoms with Crippen LogP contribution in [0.2, 0.25) is 0 Å². The topological polar surface area (TPSA) is 46.9 Å². The zero-order valence-corrected chi connectivity index (χ0v) is 9.69. The molecule has 0 saturated carbocycles. The van der Waals surface area contributed by atoms with E-state index in [9.17, 15) is 9.18 Å². The van der Waals surface area contributed by atoms with Crippen molar-refractivity contribution in [3.63, 3.8) is 0 Å². The number of aldehydes is 1. The smallest absolute Gasteiger partial charge is 0.172 e. The van der Waals surface area contributed by atoms with Gasteiger partial charge in [0, 0.05) is 18.7 Å². The minimum atomic E-state index is -0.280. The first-order valence-corrected chi connectivity index (χ1v) is 5.85. The van der Waals surface area contributed by atoms with Crippen LogP contribution < -0.4 is 5.32 Å². The van der Waals surface area contributed by atoms with E-state index in [1.165, 1.54) is 12.1 Å². The van der Waals surface area contributed by atoms with E-state index in [0.29, 0.717) is 11.5 Å². The second-order valence-corrected chi connectivity index (χ2v) is 4.23. The summed E-state index contributed by atoms with van der Waals surface area (Å²) in [5.74, 6) is 1.19. The van der Waals surface area contributed by atoms with Gasteiger partial charge in [-0.1, -0.05) is 0 Å². The molecule has 3 rings (SSSR count). The lowest BCUT2D eigenvalue weighted by atomic mass is 10.2. The second kappa shape index (κ2) is 4.25. The number of halogens is 1. The lowest BCUT2D eigenvalue weighted by Crippen LogP contribution is -2.18. The molecule has 0 bridgehead atoms. The first-order chi connectivity index (χ1) is 8.79. The predicted molar refractivity (Wildman–Crippen MR) is 66.1 cm³/mol. The number of carbonyl (C=O) groups excluding carboxylic acids is 1. The maximum atomic E-state index is 12.9. The van der Waals surface area contributed by atoms with Crippen LogP contribution in [0.25, 0.3) is 11.4 Å². The van der Waals surface area contributed by atoms with Crippen LogP contribution in [0.15, 0.2) is 24.3 Å². The number of hydrogen-bond acceptors (Lipinski definition) is 3. The number of imidazole rings is 1. The highest BCUT2D eigenvalue weighted by Gasteiger charge is 2.20. The van der Waals surface area contributed by atoms with E-state index >= 15 is 0 Å². The number of hydrogen-bond donors (Lipinski definition) is 1. The maximum absolute atomic E-state index is 12.9. The molecular weight excluding hydrogens is 233 g/mol. The molecule has 0 spiro atoms. The van der Waals surface area contributed by atoms with Crippen LogP contribution in [0.4, 0.5) is 10.2 Å². The van der Waals surface area contributed by atoms with Gasteiger partial charge in [0.1, 0.15) is 23.2 Å². The van der Waals surface area contributed by atoms with Gasteiger partial charge in [-0.15, -0.1) is 0 Å². The van der Waals surface area contributed by atoms with Gasteiger partial charge in [0.15, 0.2) is 6.29 Å². The largest absolute Gasteiger partial charge is 0.369 e. The highest BCUT2D eigenvalue weighted by Crippen LogP contribution is 2.28. The van der Waals surface area contributed by atoms with Gasteiger partial charge in [0.25, 0.3) is 0 Å². The van der Waals surface area contributed by atoms with Crippen molar-refractivity contribution in [2.45, 2.75) is 13.0 Å². The molecule has 0 amide bonds. The van der Waals surface area contributed by atoms with Crippen molar-refractivity contribution >= 4 is 12.1 Å². The van der Waals surface area contributed by atoms with Gasteiger partial charge in [0.2, 0.25) is 0 Å². The Labute approximate surface area is 103 Å². The Balaban J connectivity index is 2.14. The van der Waals surface area contributed by atoms with E-state index in [1.807, 2.05) is 4.57 Å². The summed E-state index contributed by atoms with van der Waals surface area (Å²) in [5, 5.41) is 3.18. The number of nitrogens with one attached hydrogen (secondary N) is 1. The molecule has 92 valence electrons. The average Bonchev–Trinajstić information content (AvgIpc) is 2.79. The Kier molecular flexibility index (Phi) is 2.59. The van der Waals surface area contributed by atoms with Crippen molar-refractivity contribution in [3.05, 3.63) is 35.8 Å². The number of rotatable bonds is 2. The molecule has 0 saturated heterocycles. The van der Waals surface area contributed by atoms with Gasteiger partial charge >= 0.3 is 0 Å². The van der Waals surface area contributed by atoms with Crippen molar-refractivity contribution in [1.29, 1.82) is 0 Å². The molecule has 1 aliphatic heterocycles. The molecule has 1 aromatic carbocycles. The lowest BCUT2D eigenvalue weighted by molar-refractivity contribution is 0.112. The van der Waals surface area contributed by atoms with Crippen LogP contribution in [0.5, 0.6) is 0 Å². The molecular formula is C13H12FN3O. The molecule has 4 nitrogen and oxygen atoms in total. The third-order valence-electron chi connectivity index (χ3n) is 3.06. The lowest BCUT2D eigenvalue weighted by Gasteiger charge is -2.18. The van der Waals surface area contributed by atoms with E-state index in [1.54, 1.807) is 12.1 Å². The summed E-state index contributed by atoms with van der Waals surface area (Å²) in [6.07, 6.45) is 1.73. The van der Waals surface area contributed by atoms with E-state index in [2.05, 4.69) is 10.3 Å². The molecule has 0 atom stereocenters. The van der Waals surface area contributed by atoms with E-state index in [0.717, 1.165) is 37.2 Å². The molecule has 1 N–H and O–H groups in total. The number of aromatic nitrogens is 2. The van der Waals surface area contributed by atoms with Crippen LogP contribution in [-0.4, -0.2) is 22.4 Å². The Morgan fingerprint density at radius 3 is 2.83 bits per heavy atom. The quantitative estimate of drug-likeness (QED) is 0.826. The fraction of sp³-hybridized carbons (Fsp3) is 0.231. The SMILES string of the molecule is O=Cc1nc(-c2ccc(F)cc2)n2c1NCCC2. The normalized spacial score (nSPS) is 13.8. The number of carbonyl (C=O) groups is 1. The van der Waals surface area contributed by atoms with Gasteiger partial charge in [-0.2, -0.15) is 0 Å². The zero-order chi connectivity index (χ0) is 12.5. The minimum absolute atomic E-state index is 0.280. The van der Waals surface area contributed by atoms with Gasteiger partial charge in [-0.3, -0.25) is 4.79 Å². The highest BCUT2D eigenvalue weighted by molar-refractivity contribution is 5.82. The molecule has 18 heavy (non-hydrogen) atoms. The Morgan fingerprint density at radius 1 is 1.33 bits per heavy atom. The summed E-state index contributed by atoms with van der Waals surface area (Å²) in [7, 11) is 0. The van der Waals surface area contributed by atoms with Crippen LogP contribution in [0.1, 0.15) is 16.9 Å². The van der Waals surface area contributed by atoms with Crippen LogP contribution in [0, 0.1) is 5.82 Å². The van der Waals surface area contributed by atoms with Crippen LogP contribution >= 0.6 is 0 Å².